The molecule has 0 saturated heterocycles. The van der Waals surface area contributed by atoms with Gasteiger partial charge in [0.25, 0.3) is 5.69 Å². The molecule has 0 bridgehead atoms. The molecule has 1 rings (SSSR count). The number of hydrogen-bond acceptors (Lipinski definition) is 4. The van der Waals surface area contributed by atoms with E-state index in [0.29, 0.717) is 6.42 Å². The lowest BCUT2D eigenvalue weighted by Gasteiger charge is -2.09. The van der Waals surface area contributed by atoms with Crippen molar-refractivity contribution in [3.05, 3.63) is 33.3 Å². The fraction of sp³-hybridized carbons (Fsp3) is 0.333. The minimum atomic E-state index is -0.574. The lowest BCUT2D eigenvalue weighted by Crippen LogP contribution is -2.34. The van der Waals surface area contributed by atoms with Gasteiger partial charge in [0.15, 0.2) is 5.11 Å². The number of benzene rings is 1. The van der Waals surface area contributed by atoms with Gasteiger partial charge >= 0.3 is 0 Å². The number of carbonyl (C=O) groups is 1. The summed E-state index contributed by atoms with van der Waals surface area (Å²) in [7, 11) is 0. The molecule has 0 heterocycles. The Bertz CT molecular complexity index is 537. The summed E-state index contributed by atoms with van der Waals surface area (Å²) in [5.41, 5.74) is -0.0251. The number of halogens is 1. The molecule has 0 unspecified atom stereocenters. The summed E-state index contributed by atoms with van der Waals surface area (Å²) in [5, 5.41) is 16.3. The summed E-state index contributed by atoms with van der Waals surface area (Å²) < 4.78 is 0. The van der Waals surface area contributed by atoms with E-state index in [0.717, 1.165) is 12.8 Å². The molecule has 0 aromatic heterocycles. The fourth-order valence-electron chi connectivity index (χ4n) is 1.44. The van der Waals surface area contributed by atoms with Crippen LogP contribution in [-0.4, -0.2) is 15.9 Å². The van der Waals surface area contributed by atoms with E-state index in [4.69, 9.17) is 23.8 Å². The van der Waals surface area contributed by atoms with Gasteiger partial charge in [-0.2, -0.15) is 0 Å². The van der Waals surface area contributed by atoms with Gasteiger partial charge in [0, 0.05) is 17.5 Å². The first-order valence-corrected chi connectivity index (χ1v) is 6.77. The molecule has 1 amide bonds. The number of amides is 1. The van der Waals surface area contributed by atoms with Gasteiger partial charge < -0.3 is 10.6 Å². The molecule has 0 aliphatic rings. The molecule has 1 aromatic rings. The van der Waals surface area contributed by atoms with E-state index in [1.165, 1.54) is 18.2 Å². The van der Waals surface area contributed by atoms with E-state index in [1.54, 1.807) is 0 Å². The largest absolute Gasteiger partial charge is 0.327 e. The van der Waals surface area contributed by atoms with Crippen molar-refractivity contribution in [3.63, 3.8) is 0 Å². The first-order chi connectivity index (χ1) is 9.43. The number of rotatable bonds is 5. The molecule has 0 spiro atoms. The molecule has 108 valence electrons. The molecular formula is C12H14ClN3O3S. The van der Waals surface area contributed by atoms with Crippen LogP contribution >= 0.6 is 23.8 Å². The second-order valence-corrected chi connectivity index (χ2v) is 4.87. The lowest BCUT2D eigenvalue weighted by molar-refractivity contribution is -0.383. The summed E-state index contributed by atoms with van der Waals surface area (Å²) in [6, 6.07) is 4.15. The normalized spacial score (nSPS) is 9.90. The minimum absolute atomic E-state index is 0.0246. The second kappa shape index (κ2) is 7.76. The molecule has 6 nitrogen and oxygen atoms in total. The Morgan fingerprint density at radius 1 is 1.50 bits per heavy atom. The molecule has 20 heavy (non-hydrogen) atoms. The molecule has 0 saturated carbocycles. The topological polar surface area (TPSA) is 84.3 Å². The van der Waals surface area contributed by atoms with E-state index < -0.39 is 4.92 Å². The van der Waals surface area contributed by atoms with Crippen LogP contribution in [-0.2, 0) is 4.79 Å². The van der Waals surface area contributed by atoms with Crippen LogP contribution < -0.4 is 10.6 Å². The maximum absolute atomic E-state index is 11.5. The predicted molar refractivity (Wildman–Crippen MR) is 82.0 cm³/mol. The average Bonchev–Trinajstić information content (AvgIpc) is 2.38. The van der Waals surface area contributed by atoms with Crippen LogP contribution in [0.2, 0.25) is 5.02 Å². The Kier molecular flexibility index (Phi) is 6.33. The van der Waals surface area contributed by atoms with Crippen molar-refractivity contribution in [3.8, 4) is 0 Å². The van der Waals surface area contributed by atoms with Gasteiger partial charge in [0.05, 0.1) is 4.92 Å². The highest BCUT2D eigenvalue weighted by molar-refractivity contribution is 7.80. The van der Waals surface area contributed by atoms with E-state index in [1.807, 2.05) is 6.92 Å². The molecule has 1 aromatic carbocycles. The summed E-state index contributed by atoms with van der Waals surface area (Å²) in [4.78, 5) is 21.8. The van der Waals surface area contributed by atoms with Gasteiger partial charge in [-0.3, -0.25) is 14.9 Å². The number of thiocarbonyl (C=S) groups is 1. The predicted octanol–water partition coefficient (Wildman–Crippen LogP) is 3.25. The third kappa shape index (κ3) is 5.10. The Balaban J connectivity index is 2.71. The molecule has 0 aliphatic carbocycles. The quantitative estimate of drug-likeness (QED) is 0.495. The number of nitrogens with zero attached hydrogens (tertiary/aromatic N) is 1. The van der Waals surface area contributed by atoms with Crippen LogP contribution in [0, 0.1) is 10.1 Å². The van der Waals surface area contributed by atoms with Crippen molar-refractivity contribution in [1.82, 2.24) is 5.32 Å². The zero-order valence-electron chi connectivity index (χ0n) is 10.8. The second-order valence-electron chi connectivity index (χ2n) is 4.02. The summed E-state index contributed by atoms with van der Waals surface area (Å²) in [5.74, 6) is -0.221. The average molecular weight is 316 g/mol. The molecule has 0 fully saturated rings. The summed E-state index contributed by atoms with van der Waals surface area (Å²) >= 11 is 10.6. The fourth-order valence-corrected chi connectivity index (χ4v) is 1.83. The highest BCUT2D eigenvalue weighted by atomic mass is 35.5. The number of unbranched alkanes of at least 4 members (excludes halogenated alkanes) is 1. The Morgan fingerprint density at radius 3 is 2.80 bits per heavy atom. The SMILES string of the molecule is CCCCC(=O)NC(=S)Nc1ccc(Cl)cc1[N+](=O)[O-]. The third-order valence-corrected chi connectivity index (χ3v) is 2.85. The third-order valence-electron chi connectivity index (χ3n) is 2.42. The smallest absolute Gasteiger partial charge is 0.294 e. The number of hydrogen-bond donors (Lipinski definition) is 2. The molecular weight excluding hydrogens is 302 g/mol. The number of nitro groups is 1. The van der Waals surface area contributed by atoms with Crippen molar-refractivity contribution in [2.45, 2.75) is 26.2 Å². The van der Waals surface area contributed by atoms with E-state index in [9.17, 15) is 14.9 Å². The van der Waals surface area contributed by atoms with Gasteiger partial charge in [-0.15, -0.1) is 0 Å². The van der Waals surface area contributed by atoms with E-state index >= 15 is 0 Å². The number of carbonyl (C=O) groups excluding carboxylic acids is 1. The summed E-state index contributed by atoms with van der Waals surface area (Å²) in [6.07, 6.45) is 2.02. The van der Waals surface area contributed by atoms with Crippen LogP contribution in [0.5, 0.6) is 0 Å². The van der Waals surface area contributed by atoms with Crippen molar-refractivity contribution >= 4 is 46.2 Å². The summed E-state index contributed by atoms with van der Waals surface area (Å²) in [6.45, 7) is 1.97. The Hall–Kier alpha value is -1.73. The Morgan fingerprint density at radius 2 is 2.20 bits per heavy atom. The molecule has 0 atom stereocenters. The lowest BCUT2D eigenvalue weighted by atomic mass is 10.2. The molecule has 8 heteroatoms. The van der Waals surface area contributed by atoms with Crippen LogP contribution in [0.3, 0.4) is 0 Å². The molecule has 0 radical (unpaired) electrons. The van der Waals surface area contributed by atoms with E-state index in [-0.39, 0.29) is 27.4 Å². The Labute approximate surface area is 126 Å². The van der Waals surface area contributed by atoms with Gasteiger partial charge in [-0.05, 0) is 30.8 Å². The van der Waals surface area contributed by atoms with Gasteiger partial charge in [-0.1, -0.05) is 24.9 Å². The van der Waals surface area contributed by atoms with Gasteiger partial charge in [0.2, 0.25) is 5.91 Å². The van der Waals surface area contributed by atoms with Gasteiger partial charge in [-0.25, -0.2) is 0 Å². The molecule has 2 N–H and O–H groups in total. The number of nitrogens with one attached hydrogen (secondary N) is 2. The highest BCUT2D eigenvalue weighted by Crippen LogP contribution is 2.27. The zero-order valence-corrected chi connectivity index (χ0v) is 12.4. The van der Waals surface area contributed by atoms with Crippen molar-refractivity contribution in [1.29, 1.82) is 0 Å². The van der Waals surface area contributed by atoms with E-state index in [2.05, 4.69) is 10.6 Å². The first-order valence-electron chi connectivity index (χ1n) is 5.98. The zero-order chi connectivity index (χ0) is 15.1. The van der Waals surface area contributed by atoms with Crippen molar-refractivity contribution in [2.24, 2.45) is 0 Å². The standard InChI is InChI=1S/C12H14ClN3O3S/c1-2-3-4-11(17)15-12(20)14-9-6-5-8(13)7-10(9)16(18)19/h5-7H,2-4H2,1H3,(H2,14,15,17,20). The first kappa shape index (κ1) is 16.3. The van der Waals surface area contributed by atoms with Crippen LogP contribution in [0.1, 0.15) is 26.2 Å². The van der Waals surface area contributed by atoms with Crippen LogP contribution in [0.4, 0.5) is 11.4 Å². The monoisotopic (exact) mass is 315 g/mol. The highest BCUT2D eigenvalue weighted by Gasteiger charge is 2.15. The number of nitro benzene ring substituents is 1. The van der Waals surface area contributed by atoms with Crippen molar-refractivity contribution < 1.29 is 9.72 Å². The maximum Gasteiger partial charge on any atom is 0.294 e. The van der Waals surface area contributed by atoms with Crippen LogP contribution in [0.15, 0.2) is 18.2 Å². The van der Waals surface area contributed by atoms with Crippen molar-refractivity contribution in [2.75, 3.05) is 5.32 Å². The maximum atomic E-state index is 11.5. The number of anilines is 1. The minimum Gasteiger partial charge on any atom is -0.327 e. The van der Waals surface area contributed by atoms with Crippen LogP contribution in [0.25, 0.3) is 0 Å². The van der Waals surface area contributed by atoms with Gasteiger partial charge in [0.1, 0.15) is 5.69 Å². The molecule has 0 aliphatic heterocycles.